The van der Waals surface area contributed by atoms with Crippen molar-refractivity contribution in [2.24, 2.45) is 0 Å². The Bertz CT molecular complexity index is 426. The Hall–Kier alpha value is -1.71. The quantitative estimate of drug-likeness (QED) is 0.400. The molecule has 0 spiro atoms. The summed E-state index contributed by atoms with van der Waals surface area (Å²) < 4.78 is 0. The van der Waals surface area contributed by atoms with E-state index >= 15 is 0 Å². The van der Waals surface area contributed by atoms with Gasteiger partial charge in [-0.2, -0.15) is 0 Å². The van der Waals surface area contributed by atoms with Gasteiger partial charge in [0.15, 0.2) is 0 Å². The minimum Gasteiger partial charge on any atom is -0.300 e. The Morgan fingerprint density at radius 1 is 1.13 bits per heavy atom. The molecule has 15 heavy (non-hydrogen) atoms. The first kappa shape index (κ1) is 9.83. The van der Waals surface area contributed by atoms with Gasteiger partial charge < -0.3 is 0 Å². The summed E-state index contributed by atoms with van der Waals surface area (Å²) in [4.78, 5) is 21.7. The van der Waals surface area contributed by atoms with Gasteiger partial charge in [-0.1, -0.05) is 12.1 Å². The Labute approximate surface area is 87.1 Å². The largest absolute Gasteiger partial charge is 0.300 e. The van der Waals surface area contributed by atoms with Gasteiger partial charge in [0, 0.05) is 24.5 Å². The summed E-state index contributed by atoms with van der Waals surface area (Å²) in [5.74, 6) is 0.195. The number of nitrogens with zero attached hydrogens (tertiary/aromatic N) is 1. The summed E-state index contributed by atoms with van der Waals surface area (Å²) in [6.45, 7) is 0. The molecule has 0 saturated heterocycles. The summed E-state index contributed by atoms with van der Waals surface area (Å²) in [5.41, 5.74) is 1.85. The average Bonchev–Trinajstić information content (AvgIpc) is 2.40. The fourth-order valence-corrected chi connectivity index (χ4v) is 1.98. The number of carbonyl (C=O) groups is 1. The molecule has 4 nitrogen and oxygen atoms in total. The topological polar surface area (TPSA) is 60.2 Å². The first-order chi connectivity index (χ1) is 7.18. The number of hydrogen-bond donors (Lipinski definition) is 0. The number of hydrogen-bond acceptors (Lipinski definition) is 3. The second kappa shape index (κ2) is 3.81. The van der Waals surface area contributed by atoms with Crippen molar-refractivity contribution in [1.29, 1.82) is 0 Å². The van der Waals surface area contributed by atoms with Crippen LogP contribution in [0.1, 0.15) is 24.0 Å². The molecule has 0 bridgehead atoms. The van der Waals surface area contributed by atoms with Gasteiger partial charge in [0.25, 0.3) is 5.69 Å². The van der Waals surface area contributed by atoms with Crippen molar-refractivity contribution in [2.45, 2.75) is 25.7 Å². The lowest BCUT2D eigenvalue weighted by Gasteiger charge is -2.04. The Balaban J connectivity index is 2.46. The summed E-state index contributed by atoms with van der Waals surface area (Å²) in [6.07, 6.45) is 2.08. The van der Waals surface area contributed by atoms with Gasteiger partial charge in [-0.3, -0.25) is 14.9 Å². The standard InChI is InChI=1S/C11H11NO3/c13-9-5-4-8-2-1-3-11(12(14)15)10(8)7-6-9/h1-3H,4-7H2. The third-order valence-corrected chi connectivity index (χ3v) is 2.77. The molecule has 0 heterocycles. The molecule has 0 radical (unpaired) electrons. The van der Waals surface area contributed by atoms with E-state index in [4.69, 9.17) is 0 Å². The number of fused-ring (bicyclic) bond motifs is 1. The van der Waals surface area contributed by atoms with Crippen LogP contribution in [0, 0.1) is 10.1 Å². The minimum absolute atomic E-state index is 0.155. The number of rotatable bonds is 1. The molecule has 0 fully saturated rings. The molecule has 2 rings (SSSR count). The average molecular weight is 205 g/mol. The van der Waals surface area contributed by atoms with Crippen molar-refractivity contribution in [3.63, 3.8) is 0 Å². The fourth-order valence-electron chi connectivity index (χ4n) is 1.98. The third-order valence-electron chi connectivity index (χ3n) is 2.77. The number of aryl methyl sites for hydroxylation is 1. The zero-order valence-corrected chi connectivity index (χ0v) is 8.23. The van der Waals surface area contributed by atoms with Gasteiger partial charge in [-0.15, -0.1) is 0 Å². The highest BCUT2D eigenvalue weighted by Crippen LogP contribution is 2.27. The molecule has 1 aliphatic rings. The van der Waals surface area contributed by atoms with Crippen LogP contribution in [0.3, 0.4) is 0 Å². The predicted octanol–water partition coefficient (Wildman–Crippen LogP) is 2.04. The van der Waals surface area contributed by atoms with Gasteiger partial charge in [0.05, 0.1) is 4.92 Å². The predicted molar refractivity (Wildman–Crippen MR) is 54.7 cm³/mol. The van der Waals surface area contributed by atoms with Crippen molar-refractivity contribution < 1.29 is 9.72 Å². The van der Waals surface area contributed by atoms with Gasteiger partial charge in [-0.25, -0.2) is 0 Å². The van der Waals surface area contributed by atoms with Crippen molar-refractivity contribution in [3.8, 4) is 0 Å². The van der Waals surface area contributed by atoms with Crippen LogP contribution in [0.2, 0.25) is 0 Å². The molecular weight excluding hydrogens is 194 g/mol. The van der Waals surface area contributed by atoms with Gasteiger partial charge >= 0.3 is 0 Å². The summed E-state index contributed by atoms with van der Waals surface area (Å²) in [7, 11) is 0. The number of nitro benzene ring substituents is 1. The second-order valence-electron chi connectivity index (χ2n) is 3.71. The van der Waals surface area contributed by atoms with Crippen molar-refractivity contribution >= 4 is 11.5 Å². The number of nitro groups is 1. The first-order valence-corrected chi connectivity index (χ1v) is 4.95. The van der Waals surface area contributed by atoms with E-state index in [9.17, 15) is 14.9 Å². The zero-order chi connectivity index (χ0) is 10.8. The van der Waals surface area contributed by atoms with Crippen molar-refractivity contribution in [3.05, 3.63) is 39.4 Å². The summed E-state index contributed by atoms with van der Waals surface area (Å²) in [5, 5.41) is 10.8. The molecule has 1 aliphatic carbocycles. The normalized spacial score (nSPS) is 15.6. The lowest BCUT2D eigenvalue weighted by atomic mass is 10.0. The van der Waals surface area contributed by atoms with Crippen LogP contribution in [-0.2, 0) is 17.6 Å². The monoisotopic (exact) mass is 205 g/mol. The maximum Gasteiger partial charge on any atom is 0.272 e. The highest BCUT2D eigenvalue weighted by Gasteiger charge is 2.21. The molecule has 1 aromatic carbocycles. The molecule has 0 aromatic heterocycles. The van der Waals surface area contributed by atoms with E-state index in [1.54, 1.807) is 6.07 Å². The van der Waals surface area contributed by atoms with E-state index in [0.717, 1.165) is 11.1 Å². The van der Waals surface area contributed by atoms with E-state index in [0.29, 0.717) is 25.7 Å². The lowest BCUT2D eigenvalue weighted by Crippen LogP contribution is -1.98. The van der Waals surface area contributed by atoms with E-state index in [-0.39, 0.29) is 16.4 Å². The summed E-state index contributed by atoms with van der Waals surface area (Å²) >= 11 is 0. The van der Waals surface area contributed by atoms with Crippen LogP contribution in [0.15, 0.2) is 18.2 Å². The van der Waals surface area contributed by atoms with Gasteiger partial charge in [0.2, 0.25) is 0 Å². The molecule has 1 aromatic rings. The Kier molecular flexibility index (Phi) is 2.49. The Morgan fingerprint density at radius 3 is 2.60 bits per heavy atom. The zero-order valence-electron chi connectivity index (χ0n) is 8.23. The maximum absolute atomic E-state index is 11.3. The SMILES string of the molecule is O=C1CCc2cccc([N+](=O)[O-])c2CC1. The highest BCUT2D eigenvalue weighted by molar-refractivity contribution is 5.80. The molecule has 4 heteroatoms. The van der Waals surface area contributed by atoms with E-state index in [1.807, 2.05) is 6.07 Å². The van der Waals surface area contributed by atoms with Crippen LogP contribution < -0.4 is 0 Å². The van der Waals surface area contributed by atoms with Crippen molar-refractivity contribution in [2.75, 3.05) is 0 Å². The molecule has 0 saturated carbocycles. The maximum atomic E-state index is 11.3. The molecule has 0 amide bonds. The Morgan fingerprint density at radius 2 is 1.87 bits per heavy atom. The molecule has 0 aliphatic heterocycles. The van der Waals surface area contributed by atoms with Gasteiger partial charge in [0.1, 0.15) is 5.78 Å². The number of benzene rings is 1. The molecule has 0 unspecified atom stereocenters. The second-order valence-corrected chi connectivity index (χ2v) is 3.71. The van der Waals surface area contributed by atoms with Crippen LogP contribution in [0.5, 0.6) is 0 Å². The van der Waals surface area contributed by atoms with Crippen LogP contribution in [0.4, 0.5) is 5.69 Å². The molecule has 0 atom stereocenters. The van der Waals surface area contributed by atoms with Crippen molar-refractivity contribution in [1.82, 2.24) is 0 Å². The van der Waals surface area contributed by atoms with Gasteiger partial charge in [-0.05, 0) is 18.4 Å². The minimum atomic E-state index is -0.366. The fraction of sp³-hybridized carbons (Fsp3) is 0.364. The van der Waals surface area contributed by atoms with Crippen LogP contribution >= 0.6 is 0 Å². The molecule has 0 N–H and O–H groups in total. The van der Waals surface area contributed by atoms with E-state index < -0.39 is 0 Å². The molecule has 78 valence electrons. The van der Waals surface area contributed by atoms with E-state index in [1.165, 1.54) is 6.07 Å². The smallest absolute Gasteiger partial charge is 0.272 e. The first-order valence-electron chi connectivity index (χ1n) is 4.95. The summed E-state index contributed by atoms with van der Waals surface area (Å²) in [6, 6.07) is 5.07. The number of ketones is 1. The number of carbonyl (C=O) groups excluding carboxylic acids is 1. The number of Topliss-reactive ketones (excluding diaryl/α,β-unsaturated/α-hetero) is 1. The van der Waals surface area contributed by atoms with Crippen LogP contribution in [0.25, 0.3) is 0 Å². The van der Waals surface area contributed by atoms with Crippen LogP contribution in [-0.4, -0.2) is 10.7 Å². The highest BCUT2D eigenvalue weighted by atomic mass is 16.6. The van der Waals surface area contributed by atoms with E-state index in [2.05, 4.69) is 0 Å². The third kappa shape index (κ3) is 1.88. The molecular formula is C11H11NO3. The lowest BCUT2D eigenvalue weighted by molar-refractivity contribution is -0.385.